The number of alkyl halides is 3. The molecule has 1 saturated heterocycles. The maximum absolute atomic E-state index is 12.6. The smallest absolute Gasteiger partial charge is 0.416 e. The number of halogens is 3. The van der Waals surface area contributed by atoms with Crippen molar-refractivity contribution in [2.45, 2.75) is 32.5 Å². The Morgan fingerprint density at radius 1 is 1.26 bits per heavy atom. The first-order chi connectivity index (χ1) is 10.5. The minimum Gasteiger partial charge on any atom is -0.444 e. The minimum absolute atomic E-state index is 0.136. The zero-order valence-electron chi connectivity index (χ0n) is 13.4. The lowest BCUT2D eigenvalue weighted by Crippen LogP contribution is -2.50. The van der Waals surface area contributed by atoms with E-state index in [4.69, 9.17) is 4.74 Å². The number of rotatable bonds is 2. The quantitative estimate of drug-likeness (QED) is 0.795. The van der Waals surface area contributed by atoms with Gasteiger partial charge in [-0.3, -0.25) is 0 Å². The van der Waals surface area contributed by atoms with Crippen molar-refractivity contribution in [1.82, 2.24) is 4.90 Å². The van der Waals surface area contributed by atoms with E-state index in [1.54, 1.807) is 37.8 Å². The lowest BCUT2D eigenvalue weighted by Gasteiger charge is -2.38. The number of nitrogens with zero attached hydrogens (tertiary/aromatic N) is 1. The third kappa shape index (κ3) is 5.01. The first-order valence-electron chi connectivity index (χ1n) is 7.38. The molecule has 1 heterocycles. The fourth-order valence-corrected chi connectivity index (χ4v) is 2.18. The summed E-state index contributed by atoms with van der Waals surface area (Å²) in [6.07, 6.45) is -1.21. The largest absolute Gasteiger partial charge is 0.444 e. The highest BCUT2D eigenvalue weighted by molar-refractivity contribution is 5.69. The average Bonchev–Trinajstić information content (AvgIpc) is 2.34. The van der Waals surface area contributed by atoms with E-state index in [0.717, 1.165) is 12.1 Å². The van der Waals surface area contributed by atoms with Gasteiger partial charge in [0.25, 0.3) is 0 Å². The van der Waals surface area contributed by atoms with E-state index in [-0.39, 0.29) is 12.0 Å². The van der Waals surface area contributed by atoms with Crippen LogP contribution in [0.15, 0.2) is 30.3 Å². The molecule has 126 valence electrons. The predicted molar refractivity (Wildman–Crippen MR) is 81.8 cm³/mol. The second-order valence-electron chi connectivity index (χ2n) is 6.63. The Balaban J connectivity index is 1.88. The molecule has 23 heavy (non-hydrogen) atoms. The molecule has 0 unspecified atom stereocenters. The van der Waals surface area contributed by atoms with Crippen molar-refractivity contribution in [3.8, 4) is 0 Å². The van der Waals surface area contributed by atoms with Crippen molar-refractivity contribution < 1.29 is 22.7 Å². The van der Waals surface area contributed by atoms with Crippen LogP contribution in [-0.4, -0.2) is 29.7 Å². The standard InChI is InChI=1S/C17H20F3NO2/c1-16(2,3)23-15(22)21-10-13(11-21)8-7-12-5-4-6-14(9-12)17(18,19)20/h4-9,13H,10-11H2,1-3H3. The molecule has 0 N–H and O–H groups in total. The molecule has 0 atom stereocenters. The molecule has 0 saturated carbocycles. The van der Waals surface area contributed by atoms with Crippen molar-refractivity contribution in [2.75, 3.05) is 13.1 Å². The van der Waals surface area contributed by atoms with Crippen LogP contribution in [0.4, 0.5) is 18.0 Å². The van der Waals surface area contributed by atoms with Gasteiger partial charge in [-0.15, -0.1) is 0 Å². The lowest BCUT2D eigenvalue weighted by molar-refractivity contribution is -0.137. The number of amides is 1. The molecule has 0 aliphatic carbocycles. The van der Waals surface area contributed by atoms with Gasteiger partial charge < -0.3 is 9.64 Å². The highest BCUT2D eigenvalue weighted by atomic mass is 19.4. The fraction of sp³-hybridized carbons (Fsp3) is 0.471. The Hall–Kier alpha value is -1.98. The van der Waals surface area contributed by atoms with Crippen molar-refractivity contribution in [2.24, 2.45) is 5.92 Å². The highest BCUT2D eigenvalue weighted by Gasteiger charge is 2.32. The van der Waals surface area contributed by atoms with Crippen molar-refractivity contribution in [1.29, 1.82) is 0 Å². The number of ether oxygens (including phenoxy) is 1. The Morgan fingerprint density at radius 2 is 1.91 bits per heavy atom. The highest BCUT2D eigenvalue weighted by Crippen LogP contribution is 2.30. The molecule has 0 aromatic heterocycles. The zero-order valence-corrected chi connectivity index (χ0v) is 13.4. The number of carbonyl (C=O) groups is 1. The van der Waals surface area contributed by atoms with Crippen LogP contribution in [0.25, 0.3) is 6.08 Å². The summed E-state index contributed by atoms with van der Waals surface area (Å²) in [5.74, 6) is 0.136. The van der Waals surface area contributed by atoms with Gasteiger partial charge in [0.15, 0.2) is 0 Å². The van der Waals surface area contributed by atoms with Gasteiger partial charge in [0.05, 0.1) is 5.56 Å². The SMILES string of the molecule is CC(C)(C)OC(=O)N1CC(C=Cc2cccc(C(F)(F)F)c2)C1. The van der Waals surface area contributed by atoms with Gasteiger partial charge >= 0.3 is 12.3 Å². The number of hydrogen-bond donors (Lipinski definition) is 0. The zero-order chi connectivity index (χ0) is 17.3. The minimum atomic E-state index is -4.34. The van der Waals surface area contributed by atoms with Gasteiger partial charge in [0, 0.05) is 19.0 Å². The van der Waals surface area contributed by atoms with Crippen LogP contribution in [0.2, 0.25) is 0 Å². The summed E-state index contributed by atoms with van der Waals surface area (Å²) < 4.78 is 43.2. The van der Waals surface area contributed by atoms with E-state index >= 15 is 0 Å². The van der Waals surface area contributed by atoms with Crippen molar-refractivity contribution >= 4 is 12.2 Å². The molecule has 0 spiro atoms. The van der Waals surface area contributed by atoms with Crippen LogP contribution in [0.5, 0.6) is 0 Å². The second-order valence-corrected chi connectivity index (χ2v) is 6.63. The summed E-state index contributed by atoms with van der Waals surface area (Å²) >= 11 is 0. The van der Waals surface area contributed by atoms with E-state index in [1.165, 1.54) is 6.07 Å². The number of likely N-dealkylation sites (tertiary alicyclic amines) is 1. The number of benzene rings is 1. The van der Waals surface area contributed by atoms with Gasteiger partial charge in [-0.05, 0) is 38.5 Å². The fourth-order valence-electron chi connectivity index (χ4n) is 2.18. The summed E-state index contributed by atoms with van der Waals surface area (Å²) in [6, 6.07) is 5.16. The van der Waals surface area contributed by atoms with Gasteiger partial charge in [-0.25, -0.2) is 4.79 Å². The van der Waals surface area contributed by atoms with Crippen LogP contribution in [0.1, 0.15) is 31.9 Å². The van der Waals surface area contributed by atoms with Gasteiger partial charge in [-0.2, -0.15) is 13.2 Å². The van der Waals surface area contributed by atoms with E-state index in [9.17, 15) is 18.0 Å². The molecule has 3 nitrogen and oxygen atoms in total. The molecular weight excluding hydrogens is 307 g/mol. The van der Waals surface area contributed by atoms with Gasteiger partial charge in [0.1, 0.15) is 5.60 Å². The predicted octanol–water partition coefficient (Wildman–Crippen LogP) is 4.59. The Bertz CT molecular complexity index is 597. The third-order valence-corrected chi connectivity index (χ3v) is 3.34. The molecule has 6 heteroatoms. The first-order valence-corrected chi connectivity index (χ1v) is 7.38. The van der Waals surface area contributed by atoms with Gasteiger partial charge in [0.2, 0.25) is 0 Å². The molecular formula is C17H20F3NO2. The summed E-state index contributed by atoms with van der Waals surface area (Å²) in [5, 5.41) is 0. The molecule has 1 aliphatic heterocycles. The molecule has 1 amide bonds. The maximum Gasteiger partial charge on any atom is 0.416 e. The van der Waals surface area contributed by atoms with Crippen molar-refractivity contribution in [3.63, 3.8) is 0 Å². The normalized spacial score (nSPS) is 16.5. The van der Waals surface area contributed by atoms with Gasteiger partial charge in [-0.1, -0.05) is 24.3 Å². The Morgan fingerprint density at radius 3 is 2.48 bits per heavy atom. The maximum atomic E-state index is 12.6. The second kappa shape index (κ2) is 6.26. The topological polar surface area (TPSA) is 29.5 Å². The molecule has 1 aliphatic rings. The Labute approximate surface area is 133 Å². The van der Waals surface area contributed by atoms with Crippen LogP contribution in [0.3, 0.4) is 0 Å². The molecule has 1 aromatic rings. The van der Waals surface area contributed by atoms with E-state index in [1.807, 2.05) is 6.08 Å². The van der Waals surface area contributed by atoms with E-state index in [0.29, 0.717) is 18.7 Å². The van der Waals surface area contributed by atoms with E-state index < -0.39 is 17.3 Å². The van der Waals surface area contributed by atoms with Crippen molar-refractivity contribution in [3.05, 3.63) is 41.5 Å². The lowest BCUT2D eigenvalue weighted by atomic mass is 9.99. The van der Waals surface area contributed by atoms with Crippen LogP contribution in [0, 0.1) is 5.92 Å². The van der Waals surface area contributed by atoms with Crippen LogP contribution < -0.4 is 0 Å². The monoisotopic (exact) mass is 327 g/mol. The third-order valence-electron chi connectivity index (χ3n) is 3.34. The summed E-state index contributed by atoms with van der Waals surface area (Å²) in [7, 11) is 0. The summed E-state index contributed by atoms with van der Waals surface area (Å²) in [5.41, 5.74) is -0.699. The number of carbonyl (C=O) groups excluding carboxylic acids is 1. The average molecular weight is 327 g/mol. The summed E-state index contributed by atoms with van der Waals surface area (Å²) in [4.78, 5) is 13.3. The number of hydrogen-bond acceptors (Lipinski definition) is 2. The van der Waals surface area contributed by atoms with Crippen LogP contribution >= 0.6 is 0 Å². The first kappa shape index (κ1) is 17.4. The van der Waals surface area contributed by atoms with Crippen LogP contribution in [-0.2, 0) is 10.9 Å². The molecule has 2 rings (SSSR count). The molecule has 1 fully saturated rings. The molecule has 0 bridgehead atoms. The summed E-state index contributed by atoms with van der Waals surface area (Å²) in [6.45, 7) is 6.44. The molecule has 0 radical (unpaired) electrons. The van der Waals surface area contributed by atoms with E-state index in [2.05, 4.69) is 0 Å². The molecule has 1 aromatic carbocycles. The Kier molecular flexibility index (Phi) is 4.73.